The first-order valence-corrected chi connectivity index (χ1v) is 8.22. The molecule has 2 aliphatic heterocycles. The molecule has 5 heteroatoms. The smallest absolute Gasteiger partial charge is 0.258 e. The van der Waals surface area contributed by atoms with Gasteiger partial charge in [-0.05, 0) is 12.5 Å². The van der Waals surface area contributed by atoms with Crippen LogP contribution in [0.1, 0.15) is 35.7 Å². The molecule has 1 aromatic rings. The van der Waals surface area contributed by atoms with Crippen molar-refractivity contribution in [2.45, 2.75) is 19.8 Å². The number of hydrogen-bond acceptors (Lipinski definition) is 3. The number of ether oxygens (including phenoxy) is 1. The van der Waals surface area contributed by atoms with Crippen molar-refractivity contribution in [3.05, 3.63) is 41.5 Å². The number of nitrogens with zero attached hydrogens (tertiary/aromatic N) is 2. The molecule has 1 aromatic carbocycles. The first kappa shape index (κ1) is 15.7. The molecular weight excluding hydrogens is 292 g/mol. The first-order valence-electron chi connectivity index (χ1n) is 8.22. The molecule has 1 saturated heterocycles. The van der Waals surface area contributed by atoms with Gasteiger partial charge in [0.2, 0.25) is 5.91 Å². The number of amides is 2. The van der Waals surface area contributed by atoms with Gasteiger partial charge in [0.25, 0.3) is 5.91 Å². The third-order valence-electron chi connectivity index (χ3n) is 4.29. The van der Waals surface area contributed by atoms with E-state index in [1.165, 1.54) is 0 Å². The summed E-state index contributed by atoms with van der Waals surface area (Å²) in [6.45, 7) is 5.09. The van der Waals surface area contributed by atoms with Crippen molar-refractivity contribution in [1.82, 2.24) is 9.80 Å². The molecule has 0 unspecified atom stereocenters. The number of morpholine rings is 1. The lowest BCUT2D eigenvalue weighted by Crippen LogP contribution is -2.40. The standard InChI is InChI=1S/C18H22N2O3/c1-2-3-8-20-16(13-17(21)19-9-11-23-12-10-19)14-6-4-5-7-15(14)18(20)22/h4-7,13H,2-3,8-12H2,1H3/b16-13+. The molecule has 0 N–H and O–H groups in total. The van der Waals surface area contributed by atoms with Crippen molar-refractivity contribution >= 4 is 17.5 Å². The minimum absolute atomic E-state index is 0.00456. The van der Waals surface area contributed by atoms with Crippen LogP contribution in [-0.4, -0.2) is 54.5 Å². The third-order valence-corrected chi connectivity index (χ3v) is 4.29. The maximum absolute atomic E-state index is 12.6. The van der Waals surface area contributed by atoms with Crippen molar-refractivity contribution in [3.8, 4) is 0 Å². The van der Waals surface area contributed by atoms with Crippen molar-refractivity contribution in [2.75, 3.05) is 32.8 Å². The molecular formula is C18H22N2O3. The van der Waals surface area contributed by atoms with Crippen LogP contribution in [0.2, 0.25) is 0 Å². The fraction of sp³-hybridized carbons (Fsp3) is 0.444. The van der Waals surface area contributed by atoms with E-state index in [4.69, 9.17) is 4.74 Å². The summed E-state index contributed by atoms with van der Waals surface area (Å²) in [7, 11) is 0. The highest BCUT2D eigenvalue weighted by Crippen LogP contribution is 2.32. The lowest BCUT2D eigenvalue weighted by molar-refractivity contribution is -0.129. The quantitative estimate of drug-likeness (QED) is 0.800. The molecule has 0 spiro atoms. The predicted octanol–water partition coefficient (Wildman–Crippen LogP) is 2.14. The zero-order chi connectivity index (χ0) is 16.2. The normalized spacial score (nSPS) is 19.3. The number of unbranched alkanes of at least 4 members (excludes halogenated alkanes) is 1. The van der Waals surface area contributed by atoms with E-state index < -0.39 is 0 Å². The van der Waals surface area contributed by atoms with Gasteiger partial charge in [-0.25, -0.2) is 0 Å². The summed E-state index contributed by atoms with van der Waals surface area (Å²) in [6, 6.07) is 7.51. The van der Waals surface area contributed by atoms with Gasteiger partial charge in [-0.3, -0.25) is 9.59 Å². The predicted molar refractivity (Wildman–Crippen MR) is 87.8 cm³/mol. The van der Waals surface area contributed by atoms with Gasteiger partial charge >= 0.3 is 0 Å². The zero-order valence-corrected chi connectivity index (χ0v) is 13.5. The maximum atomic E-state index is 12.6. The summed E-state index contributed by atoms with van der Waals surface area (Å²) in [5, 5.41) is 0. The largest absolute Gasteiger partial charge is 0.378 e. The zero-order valence-electron chi connectivity index (χ0n) is 13.5. The van der Waals surface area contributed by atoms with E-state index in [0.29, 0.717) is 38.4 Å². The number of carbonyl (C=O) groups is 2. The van der Waals surface area contributed by atoms with Crippen LogP contribution in [0.15, 0.2) is 30.3 Å². The second-order valence-electron chi connectivity index (χ2n) is 5.82. The fourth-order valence-electron chi connectivity index (χ4n) is 2.98. The number of benzene rings is 1. The molecule has 122 valence electrons. The van der Waals surface area contributed by atoms with Crippen molar-refractivity contribution in [2.24, 2.45) is 0 Å². The molecule has 23 heavy (non-hydrogen) atoms. The third kappa shape index (κ3) is 3.15. The van der Waals surface area contributed by atoms with Crippen LogP contribution in [0.5, 0.6) is 0 Å². The van der Waals surface area contributed by atoms with Gasteiger partial charge in [-0.2, -0.15) is 0 Å². The molecule has 0 saturated carbocycles. The molecule has 1 fully saturated rings. The van der Waals surface area contributed by atoms with Gasteiger partial charge in [0.15, 0.2) is 0 Å². The highest BCUT2D eigenvalue weighted by molar-refractivity contribution is 6.12. The van der Waals surface area contributed by atoms with E-state index in [9.17, 15) is 9.59 Å². The lowest BCUT2D eigenvalue weighted by atomic mass is 10.1. The van der Waals surface area contributed by atoms with E-state index >= 15 is 0 Å². The van der Waals surface area contributed by atoms with Crippen LogP contribution in [0.25, 0.3) is 5.70 Å². The second-order valence-corrected chi connectivity index (χ2v) is 5.82. The van der Waals surface area contributed by atoms with Crippen LogP contribution >= 0.6 is 0 Å². The van der Waals surface area contributed by atoms with Crippen molar-refractivity contribution in [1.29, 1.82) is 0 Å². The summed E-state index contributed by atoms with van der Waals surface area (Å²) >= 11 is 0. The van der Waals surface area contributed by atoms with Crippen molar-refractivity contribution in [3.63, 3.8) is 0 Å². The molecule has 0 atom stereocenters. The number of fused-ring (bicyclic) bond motifs is 1. The van der Waals surface area contributed by atoms with Crippen LogP contribution in [-0.2, 0) is 9.53 Å². The minimum Gasteiger partial charge on any atom is -0.378 e. The van der Waals surface area contributed by atoms with Crippen LogP contribution < -0.4 is 0 Å². The van der Waals surface area contributed by atoms with Gasteiger partial charge in [-0.15, -0.1) is 0 Å². The Morgan fingerprint density at radius 1 is 1.22 bits per heavy atom. The van der Waals surface area contributed by atoms with E-state index in [2.05, 4.69) is 6.92 Å². The highest BCUT2D eigenvalue weighted by Gasteiger charge is 2.32. The molecule has 2 aliphatic rings. The Morgan fingerprint density at radius 2 is 1.91 bits per heavy atom. The van der Waals surface area contributed by atoms with E-state index in [1.54, 1.807) is 15.9 Å². The average molecular weight is 314 g/mol. The summed E-state index contributed by atoms with van der Waals surface area (Å²) in [6.07, 6.45) is 3.54. The Balaban J connectivity index is 1.90. The molecule has 5 nitrogen and oxygen atoms in total. The topological polar surface area (TPSA) is 49.9 Å². The molecule has 3 rings (SSSR count). The van der Waals surface area contributed by atoms with Crippen LogP contribution in [0.3, 0.4) is 0 Å². The molecule has 0 aliphatic carbocycles. The number of carbonyl (C=O) groups excluding carboxylic acids is 2. The Morgan fingerprint density at radius 3 is 2.61 bits per heavy atom. The Hall–Kier alpha value is -2.14. The summed E-state index contributed by atoms with van der Waals surface area (Å²) in [4.78, 5) is 28.7. The monoisotopic (exact) mass is 314 g/mol. The summed E-state index contributed by atoms with van der Waals surface area (Å²) in [5.74, 6) is -0.0515. The molecule has 0 aromatic heterocycles. The Labute approximate surface area is 136 Å². The summed E-state index contributed by atoms with van der Waals surface area (Å²) < 4.78 is 5.29. The molecule has 2 amide bonds. The number of hydrogen-bond donors (Lipinski definition) is 0. The van der Waals surface area contributed by atoms with Crippen LogP contribution in [0.4, 0.5) is 0 Å². The van der Waals surface area contributed by atoms with E-state index in [-0.39, 0.29) is 11.8 Å². The Kier molecular flexibility index (Phi) is 4.76. The second kappa shape index (κ2) is 6.96. The Bertz CT molecular complexity index is 633. The lowest BCUT2D eigenvalue weighted by Gasteiger charge is -2.26. The van der Waals surface area contributed by atoms with Gasteiger partial charge in [-0.1, -0.05) is 31.5 Å². The van der Waals surface area contributed by atoms with E-state index in [1.807, 2.05) is 24.3 Å². The van der Waals surface area contributed by atoms with E-state index in [0.717, 1.165) is 24.1 Å². The highest BCUT2D eigenvalue weighted by atomic mass is 16.5. The SMILES string of the molecule is CCCCN1C(=O)c2ccccc2/C1=C\C(=O)N1CCOCC1. The molecule has 0 bridgehead atoms. The van der Waals surface area contributed by atoms with Crippen molar-refractivity contribution < 1.29 is 14.3 Å². The van der Waals surface area contributed by atoms with Gasteiger partial charge in [0, 0.05) is 36.8 Å². The number of rotatable bonds is 4. The summed E-state index contributed by atoms with van der Waals surface area (Å²) in [5.41, 5.74) is 2.27. The van der Waals surface area contributed by atoms with Crippen LogP contribution in [0, 0.1) is 0 Å². The molecule has 0 radical (unpaired) electrons. The average Bonchev–Trinajstić information content (AvgIpc) is 2.86. The maximum Gasteiger partial charge on any atom is 0.258 e. The first-order chi connectivity index (χ1) is 11.2. The fourth-order valence-corrected chi connectivity index (χ4v) is 2.98. The van der Waals surface area contributed by atoms with Gasteiger partial charge < -0.3 is 14.5 Å². The minimum atomic E-state index is -0.0469. The molecule has 2 heterocycles. The van der Waals surface area contributed by atoms with Gasteiger partial charge in [0.05, 0.1) is 18.9 Å². The van der Waals surface area contributed by atoms with Gasteiger partial charge in [0.1, 0.15) is 0 Å².